The van der Waals surface area contributed by atoms with Crippen LogP contribution in [-0.2, 0) is 9.53 Å². The fraction of sp³-hybridized carbons (Fsp3) is 0.909. The first-order chi connectivity index (χ1) is 7.00. The van der Waals surface area contributed by atoms with E-state index in [1.54, 1.807) is 0 Å². The molecule has 4 heteroatoms. The summed E-state index contributed by atoms with van der Waals surface area (Å²) in [6, 6.07) is 0. The zero-order valence-corrected chi connectivity index (χ0v) is 9.40. The molecular formula is C11H20O4. The highest BCUT2D eigenvalue weighted by atomic mass is 16.5. The number of ether oxygens (including phenoxy) is 1. The van der Waals surface area contributed by atoms with Crippen LogP contribution in [0.2, 0.25) is 0 Å². The summed E-state index contributed by atoms with van der Waals surface area (Å²) in [4.78, 5) is 11.3. The molecule has 15 heavy (non-hydrogen) atoms. The third kappa shape index (κ3) is 2.92. The summed E-state index contributed by atoms with van der Waals surface area (Å²) in [7, 11) is 1.51. The molecule has 1 rings (SSSR count). The molecule has 0 aromatic heterocycles. The molecule has 0 saturated heterocycles. The van der Waals surface area contributed by atoms with Crippen LogP contribution in [0.1, 0.15) is 32.6 Å². The van der Waals surface area contributed by atoms with E-state index in [-0.39, 0.29) is 6.61 Å². The molecule has 1 aliphatic rings. The highest BCUT2D eigenvalue weighted by Gasteiger charge is 2.45. The molecule has 0 aliphatic heterocycles. The summed E-state index contributed by atoms with van der Waals surface area (Å²) in [5, 5.41) is 18.9. The van der Waals surface area contributed by atoms with Gasteiger partial charge in [-0.3, -0.25) is 4.79 Å². The molecule has 1 aliphatic carbocycles. The molecule has 1 saturated carbocycles. The lowest BCUT2D eigenvalue weighted by molar-refractivity contribution is -0.151. The Morgan fingerprint density at radius 2 is 2.33 bits per heavy atom. The molecule has 0 spiro atoms. The quantitative estimate of drug-likeness (QED) is 0.726. The van der Waals surface area contributed by atoms with Gasteiger partial charge in [0, 0.05) is 7.11 Å². The Labute approximate surface area is 90.2 Å². The number of carboxylic acid groups (broad SMARTS) is 1. The van der Waals surface area contributed by atoms with Gasteiger partial charge in [0.1, 0.15) is 0 Å². The standard InChI is InChI=1S/C11H20O4/c1-8-3-4-11(5-8,10(13)14)6-9(12)7-15-2/h8-9,12H,3-7H2,1-2H3,(H,13,14). The smallest absolute Gasteiger partial charge is 0.309 e. The average molecular weight is 216 g/mol. The molecule has 1 fully saturated rings. The Kier molecular flexibility index (Phi) is 4.11. The monoisotopic (exact) mass is 216 g/mol. The van der Waals surface area contributed by atoms with Crippen molar-refractivity contribution in [3.8, 4) is 0 Å². The second kappa shape index (κ2) is 4.94. The van der Waals surface area contributed by atoms with Gasteiger partial charge < -0.3 is 14.9 Å². The molecule has 0 amide bonds. The van der Waals surface area contributed by atoms with Gasteiger partial charge in [0.05, 0.1) is 18.1 Å². The summed E-state index contributed by atoms with van der Waals surface area (Å²) >= 11 is 0. The van der Waals surface area contributed by atoms with Crippen LogP contribution in [-0.4, -0.2) is 36.0 Å². The van der Waals surface area contributed by atoms with E-state index in [4.69, 9.17) is 4.74 Å². The number of hydrogen-bond donors (Lipinski definition) is 2. The summed E-state index contributed by atoms with van der Waals surface area (Å²) in [5.41, 5.74) is -0.725. The fourth-order valence-corrected chi connectivity index (χ4v) is 2.56. The molecule has 0 aromatic carbocycles. The molecule has 2 N–H and O–H groups in total. The number of methoxy groups -OCH3 is 1. The molecule has 3 atom stereocenters. The predicted octanol–water partition coefficient (Wildman–Crippen LogP) is 1.27. The van der Waals surface area contributed by atoms with Gasteiger partial charge in [-0.15, -0.1) is 0 Å². The number of carboxylic acids is 1. The van der Waals surface area contributed by atoms with E-state index < -0.39 is 17.5 Å². The summed E-state index contributed by atoms with van der Waals surface area (Å²) in [6.07, 6.45) is 1.91. The van der Waals surface area contributed by atoms with Crippen molar-refractivity contribution in [2.24, 2.45) is 11.3 Å². The first-order valence-corrected chi connectivity index (χ1v) is 5.40. The minimum atomic E-state index is -0.776. The van der Waals surface area contributed by atoms with Crippen LogP contribution in [0.15, 0.2) is 0 Å². The van der Waals surface area contributed by atoms with E-state index in [0.29, 0.717) is 25.2 Å². The van der Waals surface area contributed by atoms with Gasteiger partial charge in [0.25, 0.3) is 0 Å². The average Bonchev–Trinajstić information content (AvgIpc) is 2.49. The molecule has 0 radical (unpaired) electrons. The largest absolute Gasteiger partial charge is 0.481 e. The molecule has 0 bridgehead atoms. The van der Waals surface area contributed by atoms with Gasteiger partial charge in [0.2, 0.25) is 0 Å². The van der Waals surface area contributed by atoms with Crippen LogP contribution < -0.4 is 0 Å². The highest BCUT2D eigenvalue weighted by molar-refractivity contribution is 5.75. The van der Waals surface area contributed by atoms with Crippen molar-refractivity contribution < 1.29 is 19.7 Å². The number of aliphatic hydroxyl groups is 1. The fourth-order valence-electron chi connectivity index (χ4n) is 2.56. The van der Waals surface area contributed by atoms with Gasteiger partial charge in [-0.25, -0.2) is 0 Å². The van der Waals surface area contributed by atoms with Crippen molar-refractivity contribution in [1.82, 2.24) is 0 Å². The Balaban J connectivity index is 2.62. The number of aliphatic carboxylic acids is 1. The zero-order valence-electron chi connectivity index (χ0n) is 9.40. The van der Waals surface area contributed by atoms with E-state index in [9.17, 15) is 15.0 Å². The maximum atomic E-state index is 11.3. The highest BCUT2D eigenvalue weighted by Crippen LogP contribution is 2.45. The number of hydrogen-bond acceptors (Lipinski definition) is 3. The number of carbonyl (C=O) groups is 1. The van der Waals surface area contributed by atoms with Crippen LogP contribution in [0.4, 0.5) is 0 Å². The predicted molar refractivity (Wildman–Crippen MR) is 55.6 cm³/mol. The lowest BCUT2D eigenvalue weighted by Gasteiger charge is -2.26. The van der Waals surface area contributed by atoms with Crippen molar-refractivity contribution in [3.63, 3.8) is 0 Å². The maximum Gasteiger partial charge on any atom is 0.309 e. The van der Waals surface area contributed by atoms with Crippen LogP contribution in [0.5, 0.6) is 0 Å². The zero-order chi connectivity index (χ0) is 11.5. The Bertz CT molecular complexity index is 229. The van der Waals surface area contributed by atoms with Gasteiger partial charge >= 0.3 is 5.97 Å². The molecule has 0 heterocycles. The van der Waals surface area contributed by atoms with E-state index in [2.05, 4.69) is 6.92 Å². The summed E-state index contributed by atoms with van der Waals surface area (Å²) < 4.78 is 4.82. The van der Waals surface area contributed by atoms with Gasteiger partial charge in [-0.1, -0.05) is 6.92 Å². The van der Waals surface area contributed by atoms with Gasteiger partial charge in [-0.2, -0.15) is 0 Å². The van der Waals surface area contributed by atoms with Crippen molar-refractivity contribution in [3.05, 3.63) is 0 Å². The minimum absolute atomic E-state index is 0.212. The van der Waals surface area contributed by atoms with Crippen LogP contribution in [0.3, 0.4) is 0 Å². The van der Waals surface area contributed by atoms with E-state index in [0.717, 1.165) is 6.42 Å². The summed E-state index contributed by atoms with van der Waals surface area (Å²) in [5.74, 6) is -0.335. The number of aliphatic hydroxyl groups excluding tert-OH is 1. The Hall–Kier alpha value is -0.610. The first-order valence-electron chi connectivity index (χ1n) is 5.40. The summed E-state index contributed by atoms with van der Waals surface area (Å²) in [6.45, 7) is 2.27. The lowest BCUT2D eigenvalue weighted by atomic mass is 9.80. The maximum absolute atomic E-state index is 11.3. The normalized spacial score (nSPS) is 32.9. The molecule has 3 unspecified atom stereocenters. The van der Waals surface area contributed by atoms with Gasteiger partial charge in [0.15, 0.2) is 0 Å². The second-order valence-electron chi connectivity index (χ2n) is 4.75. The van der Waals surface area contributed by atoms with Crippen molar-refractivity contribution in [1.29, 1.82) is 0 Å². The van der Waals surface area contributed by atoms with E-state index in [1.807, 2.05) is 0 Å². The van der Waals surface area contributed by atoms with Crippen molar-refractivity contribution in [2.45, 2.75) is 38.7 Å². The molecule has 0 aromatic rings. The van der Waals surface area contributed by atoms with E-state index in [1.165, 1.54) is 7.11 Å². The van der Waals surface area contributed by atoms with Crippen LogP contribution in [0.25, 0.3) is 0 Å². The lowest BCUT2D eigenvalue weighted by Crippen LogP contribution is -2.34. The topological polar surface area (TPSA) is 66.8 Å². The minimum Gasteiger partial charge on any atom is -0.481 e. The van der Waals surface area contributed by atoms with Gasteiger partial charge in [-0.05, 0) is 31.6 Å². The Morgan fingerprint density at radius 3 is 2.73 bits per heavy atom. The van der Waals surface area contributed by atoms with E-state index >= 15 is 0 Å². The third-order valence-corrected chi connectivity index (χ3v) is 3.29. The first kappa shape index (κ1) is 12.5. The number of rotatable bonds is 5. The van der Waals surface area contributed by atoms with Crippen molar-refractivity contribution >= 4 is 5.97 Å². The Morgan fingerprint density at radius 1 is 1.67 bits per heavy atom. The SMILES string of the molecule is COCC(O)CC1(C(=O)O)CCC(C)C1. The van der Waals surface area contributed by atoms with Crippen molar-refractivity contribution in [2.75, 3.05) is 13.7 Å². The third-order valence-electron chi connectivity index (χ3n) is 3.29. The molecule has 4 nitrogen and oxygen atoms in total. The molecular weight excluding hydrogens is 196 g/mol. The molecule has 88 valence electrons. The second-order valence-corrected chi connectivity index (χ2v) is 4.75. The van der Waals surface area contributed by atoms with Crippen LogP contribution in [0, 0.1) is 11.3 Å². The van der Waals surface area contributed by atoms with Crippen LogP contribution >= 0.6 is 0 Å².